The third kappa shape index (κ3) is 6.26. The van der Waals surface area contributed by atoms with Crippen molar-refractivity contribution in [3.05, 3.63) is 101 Å². The Hall–Kier alpha value is -3.34. The minimum absolute atomic E-state index is 0.350. The monoisotopic (exact) mass is 494 g/mol. The highest BCUT2D eigenvalue weighted by molar-refractivity contribution is 5.88. The maximum absolute atomic E-state index is 15.2. The van der Waals surface area contributed by atoms with Crippen LogP contribution in [0.5, 0.6) is 5.75 Å². The Bertz CT molecular complexity index is 1330. The number of rotatable bonds is 11. The van der Waals surface area contributed by atoms with E-state index in [0.717, 1.165) is 25.0 Å². The third-order valence-electron chi connectivity index (χ3n) is 6.47. The Morgan fingerprint density at radius 2 is 1.50 bits per heavy atom. The van der Waals surface area contributed by atoms with Crippen molar-refractivity contribution >= 4 is 10.8 Å². The highest BCUT2D eigenvalue weighted by atomic mass is 19.2. The molecule has 0 unspecified atom stereocenters. The van der Waals surface area contributed by atoms with Gasteiger partial charge in [-0.2, -0.15) is 0 Å². The second kappa shape index (κ2) is 12.1. The zero-order valence-corrected chi connectivity index (χ0v) is 20.4. The number of hydrogen-bond donors (Lipinski definition) is 0. The van der Waals surface area contributed by atoms with Gasteiger partial charge in [-0.15, -0.1) is 0 Å². The Morgan fingerprint density at radius 1 is 0.667 bits per heavy atom. The topological polar surface area (TPSA) is 9.23 Å². The van der Waals surface area contributed by atoms with Gasteiger partial charge >= 0.3 is 0 Å². The molecule has 5 heteroatoms. The van der Waals surface area contributed by atoms with Crippen LogP contribution >= 0.6 is 0 Å². The van der Waals surface area contributed by atoms with Crippen molar-refractivity contribution in [3.63, 3.8) is 0 Å². The number of benzene rings is 4. The summed E-state index contributed by atoms with van der Waals surface area (Å²) in [6.45, 7) is 2.74. The molecule has 0 bridgehead atoms. The molecule has 0 radical (unpaired) electrons. The number of halogens is 4. The van der Waals surface area contributed by atoms with Crippen LogP contribution < -0.4 is 4.74 Å². The molecule has 0 aliphatic carbocycles. The van der Waals surface area contributed by atoms with Crippen molar-refractivity contribution in [1.82, 2.24) is 0 Å². The minimum atomic E-state index is -0.909. The van der Waals surface area contributed by atoms with Crippen LogP contribution in [0.4, 0.5) is 17.6 Å². The fourth-order valence-electron chi connectivity index (χ4n) is 4.39. The van der Waals surface area contributed by atoms with Gasteiger partial charge in [0.05, 0.1) is 6.61 Å². The average Bonchev–Trinajstić information content (AvgIpc) is 2.87. The molecule has 4 aromatic rings. The molecule has 0 aliphatic rings. The summed E-state index contributed by atoms with van der Waals surface area (Å²) in [5.41, 5.74) is 2.17. The fourth-order valence-corrected chi connectivity index (χ4v) is 4.39. The van der Waals surface area contributed by atoms with Crippen molar-refractivity contribution in [3.8, 4) is 16.9 Å². The highest BCUT2D eigenvalue weighted by Crippen LogP contribution is 2.31. The molecular weight excluding hydrogens is 464 g/mol. The van der Waals surface area contributed by atoms with Gasteiger partial charge in [0.1, 0.15) is 17.4 Å². The molecule has 4 aromatic carbocycles. The lowest BCUT2D eigenvalue weighted by Crippen LogP contribution is -1.98. The molecule has 36 heavy (non-hydrogen) atoms. The number of hydrogen-bond acceptors (Lipinski definition) is 1. The fraction of sp³-hybridized carbons (Fsp3) is 0.290. The first-order valence-corrected chi connectivity index (χ1v) is 12.5. The van der Waals surface area contributed by atoms with Gasteiger partial charge in [0, 0.05) is 17.0 Å². The second-order valence-electron chi connectivity index (χ2n) is 9.13. The molecule has 0 aromatic heterocycles. The van der Waals surface area contributed by atoms with E-state index < -0.39 is 11.6 Å². The highest BCUT2D eigenvalue weighted by Gasteiger charge is 2.12. The number of aryl methyl sites for hydroxylation is 2. The van der Waals surface area contributed by atoms with Gasteiger partial charge in [-0.25, -0.2) is 17.6 Å². The molecule has 0 saturated carbocycles. The molecule has 4 rings (SSSR count). The standard InChI is InChI=1S/C31H30F4O/c1-2-3-4-5-6-17-36-25-13-15-26(29(33)20-25)23-12-14-27-24(19-23)11-10-22(31(27)35)9-7-21-8-16-28(32)30(34)18-21/h8,10-16,18-20H,2-7,9,17H2,1H3. The van der Waals surface area contributed by atoms with E-state index in [9.17, 15) is 13.2 Å². The summed E-state index contributed by atoms with van der Waals surface area (Å²) in [7, 11) is 0. The maximum atomic E-state index is 15.2. The van der Waals surface area contributed by atoms with Gasteiger partial charge in [0.15, 0.2) is 11.6 Å². The normalized spacial score (nSPS) is 11.2. The predicted octanol–water partition coefficient (Wildman–Crippen LogP) is 9.20. The second-order valence-corrected chi connectivity index (χ2v) is 9.13. The maximum Gasteiger partial charge on any atom is 0.159 e. The van der Waals surface area contributed by atoms with Crippen molar-refractivity contribution in [2.24, 2.45) is 0 Å². The molecule has 0 amide bonds. The van der Waals surface area contributed by atoms with Crippen LogP contribution in [0.15, 0.2) is 66.7 Å². The zero-order valence-electron chi connectivity index (χ0n) is 20.4. The van der Waals surface area contributed by atoms with Crippen LogP contribution in [0.1, 0.15) is 50.2 Å². The van der Waals surface area contributed by atoms with Crippen molar-refractivity contribution in [2.45, 2.75) is 51.9 Å². The summed E-state index contributed by atoms with van der Waals surface area (Å²) in [5.74, 6) is -2.05. The molecule has 0 aliphatic heterocycles. The summed E-state index contributed by atoms with van der Waals surface area (Å²) in [4.78, 5) is 0. The number of unbranched alkanes of at least 4 members (excludes halogenated alkanes) is 4. The molecule has 0 fully saturated rings. The van der Waals surface area contributed by atoms with Crippen LogP contribution in [0, 0.1) is 23.3 Å². The van der Waals surface area contributed by atoms with Gasteiger partial charge in [-0.1, -0.05) is 62.9 Å². The van der Waals surface area contributed by atoms with E-state index in [1.807, 2.05) is 0 Å². The van der Waals surface area contributed by atoms with Crippen LogP contribution in [0.3, 0.4) is 0 Å². The average molecular weight is 495 g/mol. The first-order chi connectivity index (χ1) is 17.5. The van der Waals surface area contributed by atoms with E-state index in [0.29, 0.717) is 58.2 Å². The van der Waals surface area contributed by atoms with E-state index >= 15 is 4.39 Å². The van der Waals surface area contributed by atoms with Gasteiger partial charge < -0.3 is 4.74 Å². The van der Waals surface area contributed by atoms with E-state index in [4.69, 9.17) is 4.74 Å². The van der Waals surface area contributed by atoms with Crippen LogP contribution in [-0.4, -0.2) is 6.61 Å². The SMILES string of the molecule is CCCCCCCOc1ccc(-c2ccc3c(F)c(CCc4ccc(F)c(F)c4)ccc3c2)c(F)c1. The quantitative estimate of drug-likeness (QED) is 0.149. The van der Waals surface area contributed by atoms with Crippen LogP contribution in [0.2, 0.25) is 0 Å². The number of fused-ring (bicyclic) bond motifs is 1. The zero-order chi connectivity index (χ0) is 25.5. The molecule has 0 N–H and O–H groups in total. The first kappa shape index (κ1) is 25.7. The molecule has 0 heterocycles. The van der Waals surface area contributed by atoms with E-state index in [1.165, 1.54) is 31.4 Å². The molecule has 188 valence electrons. The molecule has 0 spiro atoms. The van der Waals surface area contributed by atoms with Crippen molar-refractivity contribution < 1.29 is 22.3 Å². The Labute approximate surface area is 209 Å². The largest absolute Gasteiger partial charge is 0.493 e. The lowest BCUT2D eigenvalue weighted by molar-refractivity contribution is 0.303. The van der Waals surface area contributed by atoms with E-state index in [-0.39, 0.29) is 11.6 Å². The van der Waals surface area contributed by atoms with Crippen molar-refractivity contribution in [1.29, 1.82) is 0 Å². The summed E-state index contributed by atoms with van der Waals surface area (Å²) >= 11 is 0. The molecular formula is C31H30F4O. The van der Waals surface area contributed by atoms with Gasteiger partial charge in [-0.05, 0) is 71.7 Å². The van der Waals surface area contributed by atoms with Gasteiger partial charge in [0.2, 0.25) is 0 Å². The van der Waals surface area contributed by atoms with Crippen LogP contribution in [-0.2, 0) is 12.8 Å². The summed E-state index contributed by atoms with van der Waals surface area (Å²) in [6.07, 6.45) is 6.38. The predicted molar refractivity (Wildman–Crippen MR) is 137 cm³/mol. The summed E-state index contributed by atoms with van der Waals surface area (Å²) in [5, 5.41) is 1.10. The Kier molecular flexibility index (Phi) is 8.63. The van der Waals surface area contributed by atoms with Gasteiger partial charge in [0.25, 0.3) is 0 Å². The lowest BCUT2D eigenvalue weighted by Gasteiger charge is -2.11. The summed E-state index contributed by atoms with van der Waals surface area (Å²) in [6, 6.07) is 17.2. The van der Waals surface area contributed by atoms with Crippen LogP contribution in [0.25, 0.3) is 21.9 Å². The third-order valence-corrected chi connectivity index (χ3v) is 6.47. The minimum Gasteiger partial charge on any atom is -0.493 e. The van der Waals surface area contributed by atoms with Gasteiger partial charge in [-0.3, -0.25) is 0 Å². The van der Waals surface area contributed by atoms with Crippen molar-refractivity contribution in [2.75, 3.05) is 6.61 Å². The Balaban J connectivity index is 1.45. The van der Waals surface area contributed by atoms with E-state index in [1.54, 1.807) is 42.5 Å². The first-order valence-electron chi connectivity index (χ1n) is 12.5. The Morgan fingerprint density at radius 3 is 2.28 bits per heavy atom. The van der Waals surface area contributed by atoms with E-state index in [2.05, 4.69) is 6.92 Å². The molecule has 1 nitrogen and oxygen atoms in total. The number of ether oxygens (including phenoxy) is 1. The smallest absolute Gasteiger partial charge is 0.159 e. The summed E-state index contributed by atoms with van der Waals surface area (Å²) < 4.78 is 62.3. The molecule has 0 saturated heterocycles. The lowest BCUT2D eigenvalue weighted by atomic mass is 9.97. The molecule has 0 atom stereocenters.